The summed E-state index contributed by atoms with van der Waals surface area (Å²) in [4.78, 5) is 38.0. The molecule has 0 spiro atoms. The maximum Gasteiger partial charge on any atom is 0.331 e. The van der Waals surface area contributed by atoms with Gasteiger partial charge in [0.05, 0.1) is 0 Å². The lowest BCUT2D eigenvalue weighted by atomic mass is 10.0. The summed E-state index contributed by atoms with van der Waals surface area (Å²) in [5, 5.41) is 3.18. The molecule has 3 rings (SSSR count). The number of benzene rings is 1. The third kappa shape index (κ3) is 2.50. The van der Waals surface area contributed by atoms with Crippen LogP contribution in [-0.2, 0) is 16.6 Å². The summed E-state index contributed by atoms with van der Waals surface area (Å²) >= 11 is 0. The fourth-order valence-corrected chi connectivity index (χ4v) is 2.91. The van der Waals surface area contributed by atoms with Gasteiger partial charge in [-0.1, -0.05) is 18.2 Å². The molecule has 0 unspecified atom stereocenters. The van der Waals surface area contributed by atoms with Gasteiger partial charge in [0.15, 0.2) is 0 Å². The first-order valence-electron chi connectivity index (χ1n) is 7.66. The highest BCUT2D eigenvalue weighted by Crippen LogP contribution is 2.26. The van der Waals surface area contributed by atoms with E-state index in [4.69, 9.17) is 0 Å². The number of aromatic nitrogens is 1. The zero-order valence-corrected chi connectivity index (χ0v) is 14.1. The number of para-hydroxylation sites is 1. The van der Waals surface area contributed by atoms with Crippen molar-refractivity contribution >= 4 is 34.8 Å². The zero-order chi connectivity index (χ0) is 17.6. The van der Waals surface area contributed by atoms with Gasteiger partial charge in [0.25, 0.3) is 11.8 Å². The van der Waals surface area contributed by atoms with Crippen molar-refractivity contribution < 1.29 is 14.4 Å². The minimum atomic E-state index is -0.723. The molecule has 6 nitrogen and oxygen atoms in total. The summed E-state index contributed by atoms with van der Waals surface area (Å²) in [5.41, 5.74) is 0.993. The Hall–Kier alpha value is -2.89. The summed E-state index contributed by atoms with van der Waals surface area (Å²) in [5.74, 6) is -1.25. The lowest BCUT2D eigenvalue weighted by molar-refractivity contribution is -0.133. The van der Waals surface area contributed by atoms with E-state index in [1.165, 1.54) is 0 Å². The number of urea groups is 1. The first-order chi connectivity index (χ1) is 11.2. The molecule has 0 saturated carbocycles. The Morgan fingerprint density at radius 2 is 1.75 bits per heavy atom. The maximum absolute atomic E-state index is 12.7. The van der Waals surface area contributed by atoms with Crippen LogP contribution in [0.3, 0.4) is 0 Å². The highest BCUT2D eigenvalue weighted by Gasteiger charge is 2.41. The Morgan fingerprint density at radius 3 is 2.42 bits per heavy atom. The molecular formula is C18H19N3O3. The van der Waals surface area contributed by atoms with E-state index in [2.05, 4.69) is 5.32 Å². The van der Waals surface area contributed by atoms with Gasteiger partial charge in [-0.05, 0) is 32.9 Å². The van der Waals surface area contributed by atoms with Gasteiger partial charge in [-0.3, -0.25) is 19.8 Å². The summed E-state index contributed by atoms with van der Waals surface area (Å²) in [6.45, 7) is 5.24. The smallest absolute Gasteiger partial charge is 0.331 e. The van der Waals surface area contributed by atoms with Gasteiger partial charge in [0.1, 0.15) is 5.57 Å². The van der Waals surface area contributed by atoms with Crippen LogP contribution in [-0.4, -0.2) is 32.9 Å². The molecule has 0 bridgehead atoms. The topological polar surface area (TPSA) is 71.4 Å². The predicted octanol–water partition coefficient (Wildman–Crippen LogP) is 2.44. The molecule has 1 N–H and O–H groups in total. The average molecular weight is 325 g/mol. The van der Waals surface area contributed by atoms with Crippen LogP contribution in [0.15, 0.2) is 36.0 Å². The number of fused-ring (bicyclic) bond motifs is 1. The fourth-order valence-electron chi connectivity index (χ4n) is 2.91. The number of hydrogen-bond donors (Lipinski definition) is 1. The van der Waals surface area contributed by atoms with Gasteiger partial charge in [0.2, 0.25) is 0 Å². The summed E-state index contributed by atoms with van der Waals surface area (Å²) < 4.78 is 1.93. The number of imide groups is 2. The van der Waals surface area contributed by atoms with E-state index < -0.39 is 23.4 Å². The lowest BCUT2D eigenvalue weighted by Gasteiger charge is -2.36. The number of amides is 4. The second kappa shape index (κ2) is 5.33. The third-order valence-electron chi connectivity index (χ3n) is 4.00. The second-order valence-electron chi connectivity index (χ2n) is 6.84. The minimum absolute atomic E-state index is 0.0409. The van der Waals surface area contributed by atoms with Crippen molar-refractivity contribution in [1.82, 2.24) is 14.8 Å². The molecule has 0 aliphatic carbocycles. The van der Waals surface area contributed by atoms with Crippen molar-refractivity contribution in [3.05, 3.63) is 41.6 Å². The van der Waals surface area contributed by atoms with Crippen LogP contribution in [0.1, 0.15) is 26.3 Å². The molecule has 1 fully saturated rings. The van der Waals surface area contributed by atoms with Crippen LogP contribution in [0.2, 0.25) is 0 Å². The first kappa shape index (κ1) is 16.0. The molecule has 1 saturated heterocycles. The van der Waals surface area contributed by atoms with Gasteiger partial charge < -0.3 is 4.57 Å². The van der Waals surface area contributed by atoms with Crippen molar-refractivity contribution in [2.45, 2.75) is 26.3 Å². The molecule has 0 atom stereocenters. The van der Waals surface area contributed by atoms with E-state index in [1.54, 1.807) is 26.8 Å². The number of aryl methyl sites for hydroxylation is 1. The Kier molecular flexibility index (Phi) is 3.55. The van der Waals surface area contributed by atoms with Crippen LogP contribution < -0.4 is 5.32 Å². The molecule has 4 amide bonds. The van der Waals surface area contributed by atoms with Crippen LogP contribution in [0.4, 0.5) is 4.79 Å². The van der Waals surface area contributed by atoms with Gasteiger partial charge in [0, 0.05) is 35.2 Å². The first-order valence-corrected chi connectivity index (χ1v) is 7.66. The summed E-state index contributed by atoms with van der Waals surface area (Å²) in [6, 6.07) is 7.04. The van der Waals surface area contributed by atoms with Crippen LogP contribution in [0, 0.1) is 0 Å². The summed E-state index contributed by atoms with van der Waals surface area (Å²) in [6.07, 6.45) is 3.40. The number of rotatable bonds is 1. The van der Waals surface area contributed by atoms with Crippen molar-refractivity contribution in [3.63, 3.8) is 0 Å². The number of carbonyl (C=O) groups is 3. The highest BCUT2D eigenvalue weighted by molar-refractivity contribution is 6.31. The molecule has 1 aliphatic heterocycles. The van der Waals surface area contributed by atoms with Gasteiger partial charge in [-0.25, -0.2) is 4.79 Å². The van der Waals surface area contributed by atoms with E-state index in [9.17, 15) is 14.4 Å². The number of carbonyl (C=O) groups excluding carboxylic acids is 3. The maximum atomic E-state index is 12.7. The molecule has 2 aromatic rings. The zero-order valence-electron chi connectivity index (χ0n) is 14.1. The van der Waals surface area contributed by atoms with Crippen LogP contribution in [0.25, 0.3) is 17.0 Å². The Bertz CT molecular complexity index is 900. The van der Waals surface area contributed by atoms with Crippen molar-refractivity contribution in [1.29, 1.82) is 0 Å². The van der Waals surface area contributed by atoms with Crippen LogP contribution >= 0.6 is 0 Å². The van der Waals surface area contributed by atoms with E-state index in [0.29, 0.717) is 0 Å². The molecule has 124 valence electrons. The largest absolute Gasteiger partial charge is 0.350 e. The molecule has 1 aromatic heterocycles. The van der Waals surface area contributed by atoms with Crippen molar-refractivity contribution in [3.8, 4) is 0 Å². The fraction of sp³-hybridized carbons (Fsp3) is 0.278. The Morgan fingerprint density at radius 1 is 1.08 bits per heavy atom. The van der Waals surface area contributed by atoms with E-state index >= 15 is 0 Å². The number of barbiturate groups is 1. The Labute approximate surface area is 139 Å². The van der Waals surface area contributed by atoms with Gasteiger partial charge in [-0.2, -0.15) is 0 Å². The second-order valence-corrected chi connectivity index (χ2v) is 6.84. The lowest BCUT2D eigenvalue weighted by Crippen LogP contribution is -2.60. The monoisotopic (exact) mass is 325 g/mol. The highest BCUT2D eigenvalue weighted by atomic mass is 16.2. The number of nitrogens with zero attached hydrogens (tertiary/aromatic N) is 2. The van der Waals surface area contributed by atoms with Crippen molar-refractivity contribution in [2.24, 2.45) is 7.05 Å². The molecular weight excluding hydrogens is 306 g/mol. The number of hydrogen-bond acceptors (Lipinski definition) is 3. The third-order valence-corrected chi connectivity index (χ3v) is 4.00. The molecule has 1 aromatic carbocycles. The predicted molar refractivity (Wildman–Crippen MR) is 91.0 cm³/mol. The average Bonchev–Trinajstić information content (AvgIpc) is 2.79. The normalized spacial score (nSPS) is 17.8. The molecule has 2 heterocycles. The molecule has 0 radical (unpaired) electrons. The summed E-state index contributed by atoms with van der Waals surface area (Å²) in [7, 11) is 1.90. The van der Waals surface area contributed by atoms with E-state index in [-0.39, 0.29) is 5.57 Å². The minimum Gasteiger partial charge on any atom is -0.350 e. The van der Waals surface area contributed by atoms with Gasteiger partial charge >= 0.3 is 6.03 Å². The SMILES string of the molecule is Cn1cc(C=C2C(=O)NC(=O)N(C(C)(C)C)C2=O)c2ccccc21. The van der Waals surface area contributed by atoms with Crippen LogP contribution in [0.5, 0.6) is 0 Å². The molecule has 1 aliphatic rings. The molecule has 6 heteroatoms. The van der Waals surface area contributed by atoms with Gasteiger partial charge in [-0.15, -0.1) is 0 Å². The molecule has 24 heavy (non-hydrogen) atoms. The quantitative estimate of drug-likeness (QED) is 0.646. The standard InChI is InChI=1S/C18H19N3O3/c1-18(2,3)21-16(23)13(15(22)19-17(21)24)9-11-10-20(4)14-8-6-5-7-12(11)14/h5-10H,1-4H3,(H,19,22,24). The van der Waals surface area contributed by atoms with E-state index in [1.807, 2.05) is 42.1 Å². The number of nitrogens with one attached hydrogen (secondary N) is 1. The van der Waals surface area contributed by atoms with E-state index in [0.717, 1.165) is 21.4 Å². The Balaban J connectivity index is 2.12. The van der Waals surface area contributed by atoms with Crippen molar-refractivity contribution in [2.75, 3.05) is 0 Å².